The maximum absolute atomic E-state index is 5.43. The van der Waals surface area contributed by atoms with Crippen LogP contribution in [0.4, 0.5) is 0 Å². The second kappa shape index (κ2) is 7.35. The molecule has 8 heteroatoms. The predicted octanol–water partition coefficient (Wildman–Crippen LogP) is 2.05. The molecule has 0 saturated carbocycles. The molecule has 8 nitrogen and oxygen atoms in total. The number of rotatable bonds is 5. The van der Waals surface area contributed by atoms with E-state index in [-0.39, 0.29) is 0 Å². The molecule has 0 amide bonds. The van der Waals surface area contributed by atoms with Crippen molar-refractivity contribution in [2.75, 3.05) is 26.2 Å². The number of aryl methyl sites for hydroxylation is 2. The lowest BCUT2D eigenvalue weighted by molar-refractivity contribution is 0.103. The van der Waals surface area contributed by atoms with Crippen molar-refractivity contribution in [3.8, 4) is 11.4 Å². The van der Waals surface area contributed by atoms with E-state index in [1.165, 1.54) is 5.56 Å². The minimum absolute atomic E-state index is 0.644. The summed E-state index contributed by atoms with van der Waals surface area (Å²) in [6.45, 7) is 9.04. The smallest absolute Gasteiger partial charge is 0.241 e. The fourth-order valence-corrected chi connectivity index (χ4v) is 3.03. The number of hydrogen-bond donors (Lipinski definition) is 0. The summed E-state index contributed by atoms with van der Waals surface area (Å²) in [6.07, 6.45) is 0. The predicted molar refractivity (Wildman–Crippen MR) is 94.1 cm³/mol. The zero-order valence-electron chi connectivity index (χ0n) is 15.1. The first-order chi connectivity index (χ1) is 12.7. The Morgan fingerprint density at radius 3 is 1.96 bits per heavy atom. The number of nitrogens with zero attached hydrogens (tertiary/aromatic N) is 6. The first-order valence-electron chi connectivity index (χ1n) is 8.79. The lowest BCUT2D eigenvalue weighted by Crippen LogP contribution is -2.45. The van der Waals surface area contributed by atoms with E-state index in [0.717, 1.165) is 31.7 Å². The quantitative estimate of drug-likeness (QED) is 0.688. The van der Waals surface area contributed by atoms with Crippen LogP contribution in [-0.4, -0.2) is 56.3 Å². The highest BCUT2D eigenvalue weighted by atomic mass is 16.5. The van der Waals surface area contributed by atoms with Gasteiger partial charge in [-0.1, -0.05) is 40.1 Å². The van der Waals surface area contributed by atoms with E-state index in [1.54, 1.807) is 0 Å². The number of aromatic nitrogens is 4. The Morgan fingerprint density at radius 1 is 0.808 bits per heavy atom. The maximum atomic E-state index is 5.43. The summed E-state index contributed by atoms with van der Waals surface area (Å²) in [5.41, 5.74) is 2.19. The SMILES string of the molecule is Cc1ccc(-c2noc(CN3CCN(Cc4nc(C)no4)CC3)n2)cc1. The molecule has 0 atom stereocenters. The van der Waals surface area contributed by atoms with Gasteiger partial charge in [-0.15, -0.1) is 0 Å². The second-order valence-corrected chi connectivity index (χ2v) is 6.67. The van der Waals surface area contributed by atoms with Crippen LogP contribution in [-0.2, 0) is 13.1 Å². The highest BCUT2D eigenvalue weighted by Crippen LogP contribution is 2.17. The van der Waals surface area contributed by atoms with Crippen molar-refractivity contribution in [1.82, 2.24) is 30.1 Å². The molecule has 1 aromatic carbocycles. The average Bonchev–Trinajstić information content (AvgIpc) is 3.26. The van der Waals surface area contributed by atoms with E-state index in [2.05, 4.69) is 49.1 Å². The summed E-state index contributed by atoms with van der Waals surface area (Å²) in [5.74, 6) is 2.65. The third-order valence-electron chi connectivity index (χ3n) is 4.53. The van der Waals surface area contributed by atoms with Crippen molar-refractivity contribution >= 4 is 0 Å². The van der Waals surface area contributed by atoms with Crippen molar-refractivity contribution in [1.29, 1.82) is 0 Å². The second-order valence-electron chi connectivity index (χ2n) is 6.67. The van der Waals surface area contributed by atoms with Gasteiger partial charge >= 0.3 is 0 Å². The molecule has 3 aromatic rings. The van der Waals surface area contributed by atoms with Crippen LogP contribution in [0.25, 0.3) is 11.4 Å². The summed E-state index contributed by atoms with van der Waals surface area (Å²) < 4.78 is 10.6. The first-order valence-corrected chi connectivity index (χ1v) is 8.79. The zero-order chi connectivity index (χ0) is 17.9. The number of hydrogen-bond acceptors (Lipinski definition) is 8. The fraction of sp³-hybridized carbons (Fsp3) is 0.444. The molecule has 0 radical (unpaired) electrons. The zero-order valence-corrected chi connectivity index (χ0v) is 15.1. The molecule has 26 heavy (non-hydrogen) atoms. The highest BCUT2D eigenvalue weighted by molar-refractivity contribution is 5.54. The molecule has 2 aromatic heterocycles. The molecule has 4 rings (SSSR count). The first kappa shape index (κ1) is 16.9. The molecule has 1 fully saturated rings. The highest BCUT2D eigenvalue weighted by Gasteiger charge is 2.21. The lowest BCUT2D eigenvalue weighted by Gasteiger charge is -2.32. The van der Waals surface area contributed by atoms with E-state index in [4.69, 9.17) is 9.05 Å². The number of benzene rings is 1. The van der Waals surface area contributed by atoms with E-state index in [9.17, 15) is 0 Å². The molecule has 1 aliphatic rings. The molecule has 1 aliphatic heterocycles. The van der Waals surface area contributed by atoms with Gasteiger partial charge in [0.15, 0.2) is 5.82 Å². The van der Waals surface area contributed by atoms with E-state index in [0.29, 0.717) is 36.5 Å². The Bertz CT molecular complexity index is 849. The Balaban J connectivity index is 1.30. The van der Waals surface area contributed by atoms with Gasteiger partial charge in [0, 0.05) is 31.7 Å². The maximum Gasteiger partial charge on any atom is 0.241 e. The Kier molecular flexibility index (Phi) is 4.77. The Labute approximate surface area is 151 Å². The van der Waals surface area contributed by atoms with Crippen LogP contribution in [0.5, 0.6) is 0 Å². The van der Waals surface area contributed by atoms with Crippen LogP contribution in [0, 0.1) is 13.8 Å². The van der Waals surface area contributed by atoms with Crippen LogP contribution < -0.4 is 0 Å². The third-order valence-corrected chi connectivity index (χ3v) is 4.53. The van der Waals surface area contributed by atoms with Crippen molar-refractivity contribution in [2.45, 2.75) is 26.9 Å². The molecule has 136 valence electrons. The van der Waals surface area contributed by atoms with Gasteiger partial charge in [0.2, 0.25) is 17.6 Å². The molecule has 1 saturated heterocycles. The van der Waals surface area contributed by atoms with Gasteiger partial charge in [-0.05, 0) is 13.8 Å². The largest absolute Gasteiger partial charge is 0.338 e. The standard InChI is InChI=1S/C18H22N6O2/c1-13-3-5-15(6-4-13)18-20-17(26-22-18)12-24-9-7-23(8-10-24)11-16-19-14(2)21-25-16/h3-6H,7-12H2,1-2H3. The minimum Gasteiger partial charge on any atom is -0.338 e. The van der Waals surface area contributed by atoms with Gasteiger partial charge in [-0.2, -0.15) is 9.97 Å². The lowest BCUT2D eigenvalue weighted by atomic mass is 10.1. The van der Waals surface area contributed by atoms with E-state index >= 15 is 0 Å². The van der Waals surface area contributed by atoms with E-state index in [1.807, 2.05) is 19.1 Å². The van der Waals surface area contributed by atoms with Crippen molar-refractivity contribution in [3.63, 3.8) is 0 Å². The van der Waals surface area contributed by atoms with Crippen molar-refractivity contribution < 1.29 is 9.05 Å². The minimum atomic E-state index is 0.644. The normalized spacial score (nSPS) is 16.2. The summed E-state index contributed by atoms with van der Waals surface area (Å²) in [4.78, 5) is 13.4. The molecule has 3 heterocycles. The van der Waals surface area contributed by atoms with Gasteiger partial charge in [-0.25, -0.2) is 0 Å². The van der Waals surface area contributed by atoms with Gasteiger partial charge in [0.1, 0.15) is 0 Å². The molecule has 0 spiro atoms. The molecule has 0 N–H and O–H groups in total. The van der Waals surface area contributed by atoms with E-state index < -0.39 is 0 Å². The van der Waals surface area contributed by atoms with Crippen molar-refractivity contribution in [2.24, 2.45) is 0 Å². The monoisotopic (exact) mass is 354 g/mol. The van der Waals surface area contributed by atoms with Gasteiger partial charge < -0.3 is 9.05 Å². The van der Waals surface area contributed by atoms with Crippen molar-refractivity contribution in [3.05, 3.63) is 47.4 Å². The molecule has 0 aliphatic carbocycles. The van der Waals surface area contributed by atoms with Crippen LogP contribution in [0.2, 0.25) is 0 Å². The van der Waals surface area contributed by atoms with Crippen LogP contribution in [0.1, 0.15) is 23.2 Å². The van der Waals surface area contributed by atoms with Crippen LogP contribution in [0.15, 0.2) is 33.3 Å². The molecular formula is C18H22N6O2. The van der Waals surface area contributed by atoms with Gasteiger partial charge in [-0.3, -0.25) is 9.80 Å². The summed E-state index contributed by atoms with van der Waals surface area (Å²) in [6, 6.07) is 8.13. The molecular weight excluding hydrogens is 332 g/mol. The molecule has 0 unspecified atom stereocenters. The summed E-state index contributed by atoms with van der Waals surface area (Å²) >= 11 is 0. The van der Waals surface area contributed by atoms with Gasteiger partial charge in [0.25, 0.3) is 0 Å². The Hall–Kier alpha value is -2.58. The van der Waals surface area contributed by atoms with Crippen LogP contribution >= 0.6 is 0 Å². The fourth-order valence-electron chi connectivity index (χ4n) is 3.03. The summed E-state index contributed by atoms with van der Waals surface area (Å²) in [7, 11) is 0. The average molecular weight is 354 g/mol. The third kappa shape index (κ3) is 3.97. The Morgan fingerprint density at radius 2 is 1.38 bits per heavy atom. The van der Waals surface area contributed by atoms with Gasteiger partial charge in [0.05, 0.1) is 13.1 Å². The topological polar surface area (TPSA) is 84.3 Å². The van der Waals surface area contributed by atoms with Crippen LogP contribution in [0.3, 0.4) is 0 Å². The summed E-state index contributed by atoms with van der Waals surface area (Å²) in [5, 5.41) is 7.94. The number of piperazine rings is 1. The molecule has 0 bridgehead atoms.